The summed E-state index contributed by atoms with van der Waals surface area (Å²) in [6.45, 7) is 4.98. The third-order valence-electron chi connectivity index (χ3n) is 3.92. The first kappa shape index (κ1) is 19.7. The zero-order chi connectivity index (χ0) is 19.4. The van der Waals surface area contributed by atoms with Gasteiger partial charge in [-0.15, -0.1) is 0 Å². The second-order valence-electron chi connectivity index (χ2n) is 6.22. The zero-order valence-corrected chi connectivity index (χ0v) is 15.1. The van der Waals surface area contributed by atoms with E-state index in [1.165, 1.54) is 18.6 Å². The van der Waals surface area contributed by atoms with Crippen molar-refractivity contribution in [2.45, 2.75) is 51.5 Å². The van der Waals surface area contributed by atoms with Crippen LogP contribution in [0.4, 0.5) is 10.6 Å². The molecule has 0 amide bonds. The molecule has 2 rings (SSSR count). The van der Waals surface area contributed by atoms with Gasteiger partial charge in [-0.05, 0) is 5.92 Å². The first-order valence-corrected chi connectivity index (χ1v) is 8.14. The van der Waals surface area contributed by atoms with E-state index >= 15 is 0 Å². The van der Waals surface area contributed by atoms with E-state index in [0.717, 1.165) is 0 Å². The number of carbonyl (C=O) groups is 2. The minimum atomic E-state index is -0.900. The second-order valence-corrected chi connectivity index (χ2v) is 6.22. The smallest absolute Gasteiger partial charge is 0.458 e. The number of aromatic nitrogens is 2. The van der Waals surface area contributed by atoms with Crippen LogP contribution in [-0.2, 0) is 23.7 Å². The molecule has 26 heavy (non-hydrogen) atoms. The molecule has 2 N–H and O–H groups in total. The molecule has 0 radical (unpaired) electrons. The van der Waals surface area contributed by atoms with Crippen LogP contribution in [0.15, 0.2) is 11.0 Å². The number of nitrogens with two attached hydrogens (primary N) is 1. The number of hydrogen-bond acceptors (Lipinski definition) is 9. The summed E-state index contributed by atoms with van der Waals surface area (Å²) in [6, 6.07) is 0. The second kappa shape index (κ2) is 8.17. The summed E-state index contributed by atoms with van der Waals surface area (Å²) in [5.74, 6) is -0.339. The maximum atomic E-state index is 12.3. The maximum Gasteiger partial charge on any atom is 0.508 e. The third-order valence-corrected chi connectivity index (χ3v) is 3.92. The van der Waals surface area contributed by atoms with Crippen molar-refractivity contribution in [2.75, 3.05) is 19.5 Å². The van der Waals surface area contributed by atoms with Crippen LogP contribution in [0, 0.1) is 0 Å². The summed E-state index contributed by atoms with van der Waals surface area (Å²) < 4.78 is 21.6. The number of rotatable bonds is 5. The summed E-state index contributed by atoms with van der Waals surface area (Å²) in [7, 11) is 1.19. The molecule has 0 bridgehead atoms. The molecule has 0 spiro atoms. The standard InChI is InChI=1S/C16H23N3O7/c1-8(2)11-6-19(15(21)18-13(11)17)14-12(25-9(3)20)5-10(26-14)7-24-16(22)23-4/h6,8,10,12,14H,5,7H2,1-4H3,(H2,17,18,21)/t10-,12+,14+/m0/s1. The number of anilines is 1. The number of esters is 1. The van der Waals surface area contributed by atoms with Crippen molar-refractivity contribution in [1.82, 2.24) is 9.55 Å². The van der Waals surface area contributed by atoms with Gasteiger partial charge in [0.05, 0.1) is 13.2 Å². The highest BCUT2D eigenvalue weighted by molar-refractivity contribution is 5.66. The highest BCUT2D eigenvalue weighted by atomic mass is 16.7. The van der Waals surface area contributed by atoms with E-state index in [2.05, 4.69) is 9.72 Å². The van der Waals surface area contributed by atoms with Gasteiger partial charge >= 0.3 is 17.8 Å². The molecule has 1 aromatic rings. The van der Waals surface area contributed by atoms with E-state index in [9.17, 15) is 14.4 Å². The minimum Gasteiger partial charge on any atom is -0.458 e. The third kappa shape index (κ3) is 4.51. The Bertz CT molecular complexity index is 731. The molecule has 1 saturated heterocycles. The largest absolute Gasteiger partial charge is 0.508 e. The molecule has 10 nitrogen and oxygen atoms in total. The van der Waals surface area contributed by atoms with Crippen molar-refractivity contribution in [3.8, 4) is 0 Å². The van der Waals surface area contributed by atoms with Crippen molar-refractivity contribution in [1.29, 1.82) is 0 Å². The van der Waals surface area contributed by atoms with Gasteiger partial charge in [-0.1, -0.05) is 13.8 Å². The van der Waals surface area contributed by atoms with Crippen LogP contribution >= 0.6 is 0 Å². The molecule has 0 saturated carbocycles. The predicted octanol–water partition coefficient (Wildman–Crippen LogP) is 0.951. The highest BCUT2D eigenvalue weighted by Crippen LogP contribution is 2.32. The van der Waals surface area contributed by atoms with Crippen molar-refractivity contribution in [2.24, 2.45) is 0 Å². The zero-order valence-electron chi connectivity index (χ0n) is 15.1. The van der Waals surface area contributed by atoms with E-state index in [0.29, 0.717) is 5.56 Å². The van der Waals surface area contributed by atoms with Gasteiger partial charge in [-0.3, -0.25) is 9.36 Å². The lowest BCUT2D eigenvalue weighted by Gasteiger charge is -2.22. The van der Waals surface area contributed by atoms with Crippen LogP contribution in [0.3, 0.4) is 0 Å². The summed E-state index contributed by atoms with van der Waals surface area (Å²) in [5, 5.41) is 0. The van der Waals surface area contributed by atoms with Gasteiger partial charge in [-0.25, -0.2) is 9.59 Å². The lowest BCUT2D eigenvalue weighted by atomic mass is 10.1. The van der Waals surface area contributed by atoms with Crippen molar-refractivity contribution < 1.29 is 28.5 Å². The van der Waals surface area contributed by atoms with Crippen LogP contribution in [0.2, 0.25) is 0 Å². The number of hydrogen-bond donors (Lipinski definition) is 1. The molecule has 1 fully saturated rings. The monoisotopic (exact) mass is 369 g/mol. The lowest BCUT2D eigenvalue weighted by molar-refractivity contribution is -0.152. The van der Waals surface area contributed by atoms with Crippen LogP contribution in [0.5, 0.6) is 0 Å². The maximum absolute atomic E-state index is 12.3. The molecule has 0 aliphatic carbocycles. The molecule has 0 unspecified atom stereocenters. The number of methoxy groups -OCH3 is 1. The van der Waals surface area contributed by atoms with Gasteiger partial charge in [0, 0.05) is 25.1 Å². The van der Waals surface area contributed by atoms with E-state index in [-0.39, 0.29) is 24.8 Å². The Morgan fingerprint density at radius 2 is 2.15 bits per heavy atom. The van der Waals surface area contributed by atoms with Crippen molar-refractivity contribution in [3.63, 3.8) is 0 Å². The normalized spacial score (nSPS) is 22.3. The van der Waals surface area contributed by atoms with Crippen LogP contribution in [0.1, 0.15) is 44.9 Å². The average molecular weight is 369 g/mol. The minimum absolute atomic E-state index is 0.0291. The van der Waals surface area contributed by atoms with E-state index < -0.39 is 36.3 Å². The van der Waals surface area contributed by atoms with Crippen LogP contribution < -0.4 is 11.4 Å². The molecule has 2 heterocycles. The molecule has 1 aliphatic rings. The fourth-order valence-electron chi connectivity index (χ4n) is 2.73. The lowest BCUT2D eigenvalue weighted by Crippen LogP contribution is -2.34. The number of ether oxygens (including phenoxy) is 4. The van der Waals surface area contributed by atoms with Gasteiger partial charge in [0.1, 0.15) is 18.5 Å². The van der Waals surface area contributed by atoms with E-state index in [1.54, 1.807) is 6.20 Å². The molecule has 3 atom stereocenters. The first-order valence-electron chi connectivity index (χ1n) is 8.14. The molecule has 144 valence electrons. The topological polar surface area (TPSA) is 132 Å². The van der Waals surface area contributed by atoms with Crippen molar-refractivity contribution >= 4 is 17.9 Å². The predicted molar refractivity (Wildman–Crippen MR) is 89.4 cm³/mol. The Labute approximate surface area is 150 Å². The molecular weight excluding hydrogens is 346 g/mol. The van der Waals surface area contributed by atoms with Gasteiger partial charge in [0.15, 0.2) is 6.23 Å². The van der Waals surface area contributed by atoms with E-state index in [1.807, 2.05) is 13.8 Å². The summed E-state index contributed by atoms with van der Waals surface area (Å²) in [5.41, 5.74) is 5.86. The van der Waals surface area contributed by atoms with Gasteiger partial charge in [0.25, 0.3) is 0 Å². The molecule has 10 heteroatoms. The molecular formula is C16H23N3O7. The molecule has 0 aromatic carbocycles. The van der Waals surface area contributed by atoms with E-state index in [4.69, 9.17) is 19.9 Å². The Kier molecular flexibility index (Phi) is 6.19. The van der Waals surface area contributed by atoms with Gasteiger partial charge < -0.3 is 24.7 Å². The van der Waals surface area contributed by atoms with Crippen LogP contribution in [-0.4, -0.2) is 47.6 Å². The Balaban J connectivity index is 2.29. The number of nitrogen functional groups attached to an aromatic ring is 1. The Morgan fingerprint density at radius 3 is 2.73 bits per heavy atom. The Morgan fingerprint density at radius 1 is 1.46 bits per heavy atom. The number of carbonyl (C=O) groups excluding carboxylic acids is 2. The first-order chi connectivity index (χ1) is 12.2. The summed E-state index contributed by atoms with van der Waals surface area (Å²) in [4.78, 5) is 38.7. The fraction of sp³-hybridized carbons (Fsp3) is 0.625. The SMILES string of the molecule is COC(=O)OC[C@@H]1C[C@@H](OC(C)=O)[C@H](n2cc(C(C)C)c(N)nc2=O)O1. The van der Waals surface area contributed by atoms with Gasteiger partial charge in [0.2, 0.25) is 0 Å². The summed E-state index contributed by atoms with van der Waals surface area (Å²) in [6.07, 6.45) is -1.26. The van der Waals surface area contributed by atoms with Crippen LogP contribution in [0.25, 0.3) is 0 Å². The Hall–Kier alpha value is -2.62. The molecule has 1 aliphatic heterocycles. The highest BCUT2D eigenvalue weighted by Gasteiger charge is 2.40. The number of nitrogens with zero attached hydrogens (tertiary/aromatic N) is 2. The fourth-order valence-corrected chi connectivity index (χ4v) is 2.73. The quantitative estimate of drug-likeness (QED) is 0.753. The van der Waals surface area contributed by atoms with Gasteiger partial charge in [-0.2, -0.15) is 4.98 Å². The summed E-state index contributed by atoms with van der Waals surface area (Å²) >= 11 is 0. The average Bonchev–Trinajstić information content (AvgIpc) is 2.94. The molecule has 1 aromatic heterocycles. The van der Waals surface area contributed by atoms with Crippen molar-refractivity contribution in [3.05, 3.63) is 22.2 Å².